The Bertz CT molecular complexity index is 596. The number of hydrogen-bond donors (Lipinski definition) is 0. The fraction of sp³-hybridized carbons (Fsp3) is 0.960. The maximum atomic E-state index is 12.6. The van der Waals surface area contributed by atoms with Gasteiger partial charge in [-0.3, -0.25) is 9.37 Å². The Balaban J connectivity index is 1.53. The van der Waals surface area contributed by atoms with Crippen LogP contribution < -0.4 is 0 Å². The Labute approximate surface area is 184 Å². The van der Waals surface area contributed by atoms with Crippen molar-refractivity contribution in [2.45, 2.75) is 110 Å². The number of hydrogen-bond acceptors (Lipinski definition) is 4. The van der Waals surface area contributed by atoms with Crippen molar-refractivity contribution in [2.24, 2.45) is 35.0 Å². The van der Waals surface area contributed by atoms with E-state index >= 15 is 0 Å². The quantitative estimate of drug-likeness (QED) is 0.170. The van der Waals surface area contributed by atoms with Gasteiger partial charge in [0, 0.05) is 0 Å². The molecule has 2 atom stereocenters. The lowest BCUT2D eigenvalue weighted by molar-refractivity contribution is -0.313. The van der Waals surface area contributed by atoms with Crippen molar-refractivity contribution in [3.8, 4) is 0 Å². The number of esters is 1. The summed E-state index contributed by atoms with van der Waals surface area (Å²) in [6, 6.07) is 3.23. The Morgan fingerprint density at radius 1 is 1.03 bits per heavy atom. The summed E-state index contributed by atoms with van der Waals surface area (Å²) in [5.41, 5.74) is -0.866. The minimum absolute atomic E-state index is 0.0487. The molecule has 4 saturated carbocycles. The molecule has 5 heteroatoms. The van der Waals surface area contributed by atoms with E-state index in [1.54, 1.807) is 0 Å². The predicted molar refractivity (Wildman–Crippen MR) is 121 cm³/mol. The molecular weight excluding hydrogens is 392 g/mol. The molecule has 5 aliphatic rings. The summed E-state index contributed by atoms with van der Waals surface area (Å²) in [4.78, 5) is 19.1. The maximum absolute atomic E-state index is 12.6. The van der Waals surface area contributed by atoms with Gasteiger partial charge in [-0.15, -0.1) is 0 Å². The Kier molecular flexibility index (Phi) is 6.47. The molecule has 4 nitrogen and oxygen atoms in total. The normalized spacial score (nSPS) is 39.9. The monoisotopic (exact) mass is 436 g/mol. The van der Waals surface area contributed by atoms with Gasteiger partial charge in [0.05, 0.1) is 12.0 Å². The Morgan fingerprint density at radius 2 is 1.60 bits per heavy atom. The smallest absolute Gasteiger partial charge is 0.312 e. The van der Waals surface area contributed by atoms with Crippen LogP contribution in [0, 0.1) is 35.0 Å². The third-order valence-corrected chi connectivity index (χ3v) is 13.9. The minimum atomic E-state index is -1.86. The summed E-state index contributed by atoms with van der Waals surface area (Å²) in [7, 11) is -1.86. The Morgan fingerprint density at radius 3 is 2.07 bits per heavy atom. The van der Waals surface area contributed by atoms with Crippen LogP contribution in [0.25, 0.3) is 0 Å². The van der Waals surface area contributed by atoms with Crippen LogP contribution in [0.5, 0.6) is 0 Å². The van der Waals surface area contributed by atoms with Crippen molar-refractivity contribution in [1.29, 1.82) is 0 Å². The second kappa shape index (κ2) is 8.51. The van der Waals surface area contributed by atoms with E-state index in [2.05, 4.69) is 34.6 Å². The topological polar surface area (TPSA) is 44.8 Å². The molecule has 5 fully saturated rings. The lowest BCUT2D eigenvalue weighted by Crippen LogP contribution is -2.50. The average molecular weight is 437 g/mol. The lowest BCUT2D eigenvalue weighted by Gasteiger charge is -2.56. The van der Waals surface area contributed by atoms with Crippen molar-refractivity contribution in [3.63, 3.8) is 0 Å². The third-order valence-electron chi connectivity index (χ3n) is 9.59. The van der Waals surface area contributed by atoms with Gasteiger partial charge in [0.25, 0.3) is 0 Å². The predicted octanol–water partition coefficient (Wildman–Crippen LogP) is 6.50. The highest BCUT2D eigenvalue weighted by molar-refractivity contribution is 6.73. The van der Waals surface area contributed by atoms with Gasteiger partial charge < -0.3 is 4.74 Å². The largest absolute Gasteiger partial charge is 0.465 e. The second-order valence-electron chi connectivity index (χ2n) is 11.8. The molecule has 1 aliphatic heterocycles. The zero-order valence-corrected chi connectivity index (χ0v) is 21.0. The first kappa shape index (κ1) is 22.8. The van der Waals surface area contributed by atoms with Crippen LogP contribution in [0.15, 0.2) is 0 Å². The number of carbonyl (C=O) groups is 1. The van der Waals surface area contributed by atoms with Gasteiger partial charge in [-0.1, -0.05) is 20.8 Å². The fourth-order valence-corrected chi connectivity index (χ4v) is 9.98. The van der Waals surface area contributed by atoms with Gasteiger partial charge in [-0.25, -0.2) is 4.89 Å². The van der Waals surface area contributed by atoms with E-state index in [1.807, 2.05) is 0 Å². The summed E-state index contributed by atoms with van der Waals surface area (Å²) >= 11 is 0. The molecule has 0 N–H and O–H groups in total. The molecule has 0 radical (unpaired) electrons. The van der Waals surface area contributed by atoms with Crippen LogP contribution in [-0.2, 0) is 19.0 Å². The number of rotatable bonds is 10. The molecule has 172 valence electrons. The van der Waals surface area contributed by atoms with Crippen molar-refractivity contribution >= 4 is 14.3 Å². The zero-order valence-electron chi connectivity index (χ0n) is 20.0. The zero-order chi connectivity index (χ0) is 21.6. The summed E-state index contributed by atoms with van der Waals surface area (Å²) in [6.07, 6.45) is 9.71. The van der Waals surface area contributed by atoms with Crippen molar-refractivity contribution in [1.82, 2.24) is 0 Å². The molecule has 4 aliphatic carbocycles. The third kappa shape index (κ3) is 4.28. The Hall–Kier alpha value is -0.393. The van der Waals surface area contributed by atoms with Crippen molar-refractivity contribution in [2.75, 3.05) is 6.61 Å². The molecule has 1 heterocycles. The molecule has 1 saturated heterocycles. The molecule has 0 aromatic heterocycles. The molecule has 0 aromatic rings. The summed E-state index contributed by atoms with van der Waals surface area (Å²) < 4.78 is 11.8. The van der Waals surface area contributed by atoms with Crippen LogP contribution >= 0.6 is 0 Å². The van der Waals surface area contributed by atoms with E-state index in [4.69, 9.17) is 14.2 Å². The molecule has 2 unspecified atom stereocenters. The molecule has 0 amide bonds. The minimum Gasteiger partial charge on any atom is -0.465 e. The molecule has 4 bridgehead atoms. The molecule has 0 aromatic carbocycles. The highest BCUT2D eigenvalue weighted by Crippen LogP contribution is 2.59. The number of carbonyl (C=O) groups excluding carboxylic acids is 1. The van der Waals surface area contributed by atoms with Gasteiger partial charge in [-0.05, 0) is 113 Å². The van der Waals surface area contributed by atoms with E-state index in [0.717, 1.165) is 60.6 Å². The van der Waals surface area contributed by atoms with Crippen molar-refractivity contribution in [3.05, 3.63) is 0 Å². The second-order valence-corrected chi connectivity index (χ2v) is 16.4. The van der Waals surface area contributed by atoms with Crippen LogP contribution in [0.4, 0.5) is 0 Å². The van der Waals surface area contributed by atoms with E-state index in [1.165, 1.54) is 32.1 Å². The fourth-order valence-electron chi connectivity index (χ4n) is 7.75. The van der Waals surface area contributed by atoms with E-state index in [0.29, 0.717) is 13.0 Å². The highest BCUT2D eigenvalue weighted by atomic mass is 28.4. The van der Waals surface area contributed by atoms with Crippen LogP contribution in [0.2, 0.25) is 18.1 Å². The SMILES string of the molecule is CC[Si](CC)(CC)OOC(C)(CC1C2CC3CC(C2)CC1C3)CC1(C)CCOC1=O. The number of cyclic esters (lactones) is 1. The lowest BCUT2D eigenvalue weighted by atomic mass is 9.50. The highest BCUT2D eigenvalue weighted by Gasteiger charge is 2.53. The van der Waals surface area contributed by atoms with Gasteiger partial charge in [0.2, 0.25) is 8.32 Å². The molecule has 5 rings (SSSR count). The standard InChI is InChI=1S/C25H44O4Si/c1-6-30(7-2,8-3)29-28-25(5,17-24(4)9-10-27-23(24)26)16-22-20-12-18-11-19(14-20)15-21(22)13-18/h18-22H,6-17H2,1-5H3. The van der Waals surface area contributed by atoms with E-state index in [9.17, 15) is 4.79 Å². The van der Waals surface area contributed by atoms with Gasteiger partial charge >= 0.3 is 5.97 Å². The first-order valence-corrected chi connectivity index (χ1v) is 15.3. The van der Waals surface area contributed by atoms with E-state index < -0.39 is 19.3 Å². The number of ether oxygens (including phenoxy) is 1. The van der Waals surface area contributed by atoms with Crippen LogP contribution in [-0.4, -0.2) is 26.5 Å². The molecule has 0 spiro atoms. The summed E-state index contributed by atoms with van der Waals surface area (Å²) in [5.74, 6) is 4.36. The van der Waals surface area contributed by atoms with Crippen LogP contribution in [0.3, 0.4) is 0 Å². The first-order chi connectivity index (χ1) is 14.2. The summed E-state index contributed by atoms with van der Waals surface area (Å²) in [5, 5.41) is 0. The van der Waals surface area contributed by atoms with Gasteiger partial charge in [0.1, 0.15) is 5.60 Å². The van der Waals surface area contributed by atoms with E-state index in [-0.39, 0.29) is 5.97 Å². The van der Waals surface area contributed by atoms with Crippen molar-refractivity contribution < 1.29 is 19.0 Å². The van der Waals surface area contributed by atoms with Gasteiger partial charge in [0.15, 0.2) is 0 Å². The molecule has 30 heavy (non-hydrogen) atoms. The van der Waals surface area contributed by atoms with Crippen LogP contribution in [0.1, 0.15) is 86.0 Å². The van der Waals surface area contributed by atoms with Gasteiger partial charge in [-0.2, -0.15) is 0 Å². The maximum Gasteiger partial charge on any atom is 0.312 e. The average Bonchev–Trinajstić information content (AvgIpc) is 3.03. The first-order valence-electron chi connectivity index (χ1n) is 12.8. The summed E-state index contributed by atoms with van der Waals surface area (Å²) in [6.45, 7) is 11.6. The molecular formula is C25H44O4Si.